The monoisotopic (exact) mass is 1300 g/mol. The third-order valence-corrected chi connectivity index (χ3v) is 15.9. The minimum Gasteiger partial charge on any atom is -0.457 e. The maximum atomic E-state index is 15.9. The summed E-state index contributed by atoms with van der Waals surface area (Å²) in [6.07, 6.45) is 21.6. The average molecular weight is 1300 g/mol. The van der Waals surface area contributed by atoms with Crippen molar-refractivity contribution in [1.82, 2.24) is 5.32 Å². The van der Waals surface area contributed by atoms with Gasteiger partial charge in [0.2, 0.25) is 0 Å². The van der Waals surface area contributed by atoms with E-state index in [1.54, 1.807) is 97.0 Å². The second-order valence-electron chi connectivity index (χ2n) is 22.8. The van der Waals surface area contributed by atoms with Crippen LogP contribution in [0, 0.1) is 66.7 Å². The van der Waals surface area contributed by atoms with Gasteiger partial charge in [-0.25, -0.2) is 9.59 Å². The number of benzene rings is 2. The first-order valence-corrected chi connectivity index (χ1v) is 27.6. The molecule has 2 saturated carbocycles. The average Bonchev–Trinajstić information content (AvgIpc) is 3.32. The molecule has 3 aliphatic carbocycles. The molecular weight excluding hydrogens is 1220 g/mol. The van der Waals surface area contributed by atoms with E-state index in [2.05, 4.69) is 66.9 Å². The zero-order chi connectivity index (χ0) is 56.9. The SMILES string of the molecule is CC/C=C\C/C=C\C/C=C\C/C=C\C/C=C\C/C=C\CCC(=O)OC1C(=O)C2(C)C(O)CC3OCC3(O)C2C(OC(=O)c2ccccc2)C2(O)CC(OC(=O)C(C)C(NC(=O)OC(C)(C)C)c3ccccc3)C(C)=C1C2(C)C.[Ac]. The first-order chi connectivity index (χ1) is 37.0. The van der Waals surface area contributed by atoms with Crippen molar-refractivity contribution in [3.63, 3.8) is 0 Å². The summed E-state index contributed by atoms with van der Waals surface area (Å²) in [5.41, 5.74) is -7.69. The van der Waals surface area contributed by atoms with Crippen LogP contribution in [0.1, 0.15) is 148 Å². The fourth-order valence-corrected chi connectivity index (χ4v) is 11.5. The molecule has 1 saturated heterocycles. The van der Waals surface area contributed by atoms with E-state index in [0.717, 1.165) is 32.1 Å². The number of aliphatic hydroxyl groups is 3. The van der Waals surface area contributed by atoms with E-state index >= 15 is 4.79 Å². The molecule has 2 aromatic rings. The Balaban J connectivity index is 0.0000115. The number of allylic oxidation sites excluding steroid dienone is 12. The van der Waals surface area contributed by atoms with Crippen LogP contribution in [0.25, 0.3) is 0 Å². The molecule has 14 nitrogen and oxygen atoms in total. The zero-order valence-corrected chi connectivity index (χ0v) is 52.3. The number of Topliss-reactive ketones (excluding diaryl/α,β-unsaturated/α-hetero) is 1. The van der Waals surface area contributed by atoms with Gasteiger partial charge in [0.1, 0.15) is 29.0 Å². The summed E-state index contributed by atoms with van der Waals surface area (Å²) in [6, 6.07) is 15.9. The molecule has 4 N–H and O–H groups in total. The summed E-state index contributed by atoms with van der Waals surface area (Å²) in [7, 11) is 0. The standard InChI is InChI=1S/C64H83NO13.Ac/c1-10-11-12-13-14-15-16-17-18-19-20-21-22-23-24-25-26-27-34-39-50(67)76-53-51-43(2)47(75-57(69)44(3)52(45-35-30-28-31-36-45)65-59(71)78-60(4,5)6)41-64(73,61(51,7)8)56(77-58(70)46-37-32-29-33-38-46)54-62(9,55(53)68)48(66)40-49-63(54,72)42-74-49;/h11-12,14-15,17-18,20-21,23-24,26-33,35-38,44,47-49,52-54,56,66,72-73H,10,13,16,19,22,25,34,39-42H2,1-9H3,(H,65,71);/b12-11-,15-14-,18-17-,21-20-,24-23-,27-26-;. The Bertz CT molecular complexity index is 2630. The predicted octanol–water partition coefficient (Wildman–Crippen LogP) is 11.0. The number of fused-ring (bicyclic) bond motifs is 5. The van der Waals surface area contributed by atoms with Gasteiger partial charge in [-0.05, 0) is 115 Å². The largest absolute Gasteiger partial charge is 0.457 e. The molecule has 6 rings (SSSR count). The minimum atomic E-state index is -2.32. The van der Waals surface area contributed by atoms with E-state index in [0.29, 0.717) is 12.0 Å². The quantitative estimate of drug-likeness (QED) is 0.0493. The van der Waals surface area contributed by atoms with E-state index in [-0.39, 0.29) is 86.6 Å². The van der Waals surface area contributed by atoms with Gasteiger partial charge in [-0.2, -0.15) is 0 Å². The summed E-state index contributed by atoms with van der Waals surface area (Å²) in [6.45, 7) is 14.9. The van der Waals surface area contributed by atoms with Crippen molar-refractivity contribution < 1.29 is 107 Å². The number of aliphatic hydroxyl groups excluding tert-OH is 1. The van der Waals surface area contributed by atoms with E-state index in [4.69, 9.17) is 23.7 Å². The van der Waals surface area contributed by atoms with Gasteiger partial charge in [-0.1, -0.05) is 142 Å². The van der Waals surface area contributed by atoms with Crippen LogP contribution in [0.2, 0.25) is 0 Å². The molecule has 425 valence electrons. The van der Waals surface area contributed by atoms with Gasteiger partial charge in [0.05, 0.1) is 41.8 Å². The number of carbonyl (C=O) groups is 5. The van der Waals surface area contributed by atoms with Gasteiger partial charge in [0.25, 0.3) is 0 Å². The minimum absolute atomic E-state index is 0. The van der Waals surface area contributed by atoms with Crippen molar-refractivity contribution in [2.24, 2.45) is 22.7 Å². The molecule has 1 radical (unpaired) electrons. The van der Waals surface area contributed by atoms with Gasteiger partial charge in [-0.3, -0.25) is 14.4 Å². The number of ether oxygens (including phenoxy) is 5. The van der Waals surface area contributed by atoms with E-state index in [9.17, 15) is 34.5 Å². The van der Waals surface area contributed by atoms with E-state index in [1.807, 2.05) is 18.2 Å². The third kappa shape index (κ3) is 15.4. The molecule has 15 heteroatoms. The van der Waals surface area contributed by atoms with Gasteiger partial charge >= 0.3 is 24.0 Å². The van der Waals surface area contributed by atoms with Crippen molar-refractivity contribution in [1.29, 1.82) is 0 Å². The van der Waals surface area contributed by atoms with Crippen LogP contribution in [0.3, 0.4) is 0 Å². The topological polar surface area (TPSA) is 204 Å². The normalized spacial score (nSPS) is 28.4. The number of hydrogen-bond acceptors (Lipinski definition) is 13. The molecule has 1 aliphatic heterocycles. The number of amides is 1. The van der Waals surface area contributed by atoms with Gasteiger partial charge in [-0.15, -0.1) is 0 Å². The molecule has 79 heavy (non-hydrogen) atoms. The smallest absolute Gasteiger partial charge is 0.408 e. The molecule has 0 aromatic heterocycles. The van der Waals surface area contributed by atoms with Crippen molar-refractivity contribution in [3.05, 3.63) is 156 Å². The van der Waals surface area contributed by atoms with Crippen molar-refractivity contribution >= 4 is 29.8 Å². The Morgan fingerprint density at radius 3 is 1.84 bits per heavy atom. The zero-order valence-electron chi connectivity index (χ0n) is 47.6. The van der Waals surface area contributed by atoms with Crippen molar-refractivity contribution in [2.45, 2.75) is 180 Å². The van der Waals surface area contributed by atoms with Crippen LogP contribution in [0.4, 0.5) is 4.79 Å². The summed E-state index contributed by atoms with van der Waals surface area (Å²) in [5, 5.41) is 41.7. The number of carbonyl (C=O) groups excluding carboxylic acids is 5. The number of nitrogens with one attached hydrogen (secondary N) is 1. The number of esters is 3. The number of rotatable bonds is 22. The molecule has 3 fully saturated rings. The van der Waals surface area contributed by atoms with Crippen LogP contribution in [0.5, 0.6) is 0 Å². The number of ketones is 1. The van der Waals surface area contributed by atoms with Gasteiger partial charge in [0.15, 0.2) is 11.9 Å². The maximum absolute atomic E-state index is 15.9. The first kappa shape index (κ1) is 65.1. The fraction of sp³-hybridized carbons (Fsp3) is 0.516. The first-order valence-electron chi connectivity index (χ1n) is 27.6. The Kier molecular flexibility index (Phi) is 23.7. The molecule has 4 aliphatic rings. The summed E-state index contributed by atoms with van der Waals surface area (Å²) >= 11 is 0. The van der Waals surface area contributed by atoms with Crippen molar-refractivity contribution in [2.75, 3.05) is 6.61 Å². The Hall–Kier alpha value is -4.75. The van der Waals surface area contributed by atoms with Crippen LogP contribution < -0.4 is 5.32 Å². The molecule has 0 spiro atoms. The Labute approximate surface area is 503 Å². The Morgan fingerprint density at radius 1 is 0.785 bits per heavy atom. The number of alkyl carbamates (subject to hydrolysis) is 1. The Morgan fingerprint density at radius 2 is 1.32 bits per heavy atom. The second kappa shape index (κ2) is 28.8. The predicted molar refractivity (Wildman–Crippen MR) is 299 cm³/mol. The molecule has 1 heterocycles. The third-order valence-electron chi connectivity index (χ3n) is 15.9. The summed E-state index contributed by atoms with van der Waals surface area (Å²) in [5.74, 6) is -5.85. The van der Waals surface area contributed by atoms with Crippen LogP contribution in [0.15, 0.2) is 145 Å². The molecular formula is C64H83AcNO13. The van der Waals surface area contributed by atoms with E-state index < -0.39 is 112 Å². The van der Waals surface area contributed by atoms with Crippen LogP contribution >= 0.6 is 0 Å². The van der Waals surface area contributed by atoms with Crippen molar-refractivity contribution in [3.8, 4) is 0 Å². The second-order valence-corrected chi connectivity index (χ2v) is 22.8. The van der Waals surface area contributed by atoms with Crippen LogP contribution in [-0.2, 0) is 38.1 Å². The fourth-order valence-electron chi connectivity index (χ4n) is 11.5. The number of hydrogen-bond donors (Lipinski definition) is 4. The molecule has 1 amide bonds. The molecule has 2 bridgehead atoms. The molecule has 11 atom stereocenters. The van der Waals surface area contributed by atoms with E-state index in [1.165, 1.54) is 19.1 Å². The summed E-state index contributed by atoms with van der Waals surface area (Å²) in [4.78, 5) is 72.4. The van der Waals surface area contributed by atoms with Gasteiger partial charge in [0, 0.05) is 74.7 Å². The van der Waals surface area contributed by atoms with Crippen LogP contribution in [-0.4, -0.2) is 99.0 Å². The summed E-state index contributed by atoms with van der Waals surface area (Å²) < 4.78 is 30.6. The maximum Gasteiger partial charge on any atom is 0.408 e. The molecule has 11 unspecified atom stereocenters. The molecule has 2 aromatic carbocycles. The van der Waals surface area contributed by atoms with Gasteiger partial charge < -0.3 is 44.3 Å².